The standard InChI is InChI=1S/C23H29N5O2.ClH/c29-20-13-19(16-9-11-24-12-10-16)28-22(26-20)21-17(7-4-8-18(21)27-28)23(30)25-14-15-5-2-1-3-6-15;/h4,7-8,13,15-16,24H,1-3,5-6,9-12,14H2,(H,25,30)(H,26,29);1H. The summed E-state index contributed by atoms with van der Waals surface area (Å²) in [6, 6.07) is 7.27. The van der Waals surface area contributed by atoms with Crippen LogP contribution < -0.4 is 16.2 Å². The van der Waals surface area contributed by atoms with Crippen molar-refractivity contribution in [3.63, 3.8) is 0 Å². The van der Waals surface area contributed by atoms with E-state index in [1.165, 1.54) is 32.1 Å². The smallest absolute Gasteiger partial charge is 0.252 e. The lowest BCUT2D eigenvalue weighted by molar-refractivity contribution is 0.0945. The molecule has 1 aliphatic carbocycles. The summed E-state index contributed by atoms with van der Waals surface area (Å²) in [5.74, 6) is 0.764. The van der Waals surface area contributed by atoms with Gasteiger partial charge in [0.2, 0.25) is 0 Å². The Balaban J connectivity index is 0.00000231. The molecule has 1 saturated heterocycles. The number of carbonyl (C=O) groups is 1. The molecule has 0 atom stereocenters. The minimum Gasteiger partial charge on any atom is -0.352 e. The quantitative estimate of drug-likeness (QED) is 0.576. The summed E-state index contributed by atoms with van der Waals surface area (Å²) >= 11 is 0. The first kappa shape index (κ1) is 21.8. The number of nitrogens with one attached hydrogen (secondary N) is 3. The monoisotopic (exact) mass is 443 g/mol. The topological polar surface area (TPSA) is 91.3 Å². The minimum atomic E-state index is -0.143. The van der Waals surface area contributed by atoms with Gasteiger partial charge in [0.05, 0.1) is 22.2 Å². The summed E-state index contributed by atoms with van der Waals surface area (Å²) in [7, 11) is 0. The van der Waals surface area contributed by atoms with E-state index in [9.17, 15) is 9.59 Å². The van der Waals surface area contributed by atoms with E-state index in [1.807, 2.05) is 22.7 Å². The Morgan fingerprint density at radius 2 is 1.90 bits per heavy atom. The molecule has 2 aliphatic rings. The molecule has 5 rings (SSSR count). The van der Waals surface area contributed by atoms with Crippen molar-refractivity contribution in [3.8, 4) is 0 Å². The molecule has 1 aliphatic heterocycles. The molecule has 0 spiro atoms. The number of amides is 1. The van der Waals surface area contributed by atoms with Gasteiger partial charge in [0, 0.05) is 18.5 Å². The summed E-state index contributed by atoms with van der Waals surface area (Å²) in [5, 5.41) is 12.0. The van der Waals surface area contributed by atoms with E-state index in [-0.39, 0.29) is 29.8 Å². The maximum absolute atomic E-state index is 13.1. The van der Waals surface area contributed by atoms with E-state index in [0.29, 0.717) is 23.7 Å². The van der Waals surface area contributed by atoms with Gasteiger partial charge >= 0.3 is 0 Å². The van der Waals surface area contributed by atoms with Crippen LogP contribution in [0.1, 0.15) is 66.9 Å². The van der Waals surface area contributed by atoms with E-state index >= 15 is 0 Å². The molecule has 2 fully saturated rings. The SMILES string of the molecule is Cl.O=C(NCC1CCCCC1)c1cccc2nn3c(C4CCNCC4)cc(=O)[nH]c3c12. The largest absolute Gasteiger partial charge is 0.352 e. The Kier molecular flexibility index (Phi) is 6.62. The average Bonchev–Trinajstić information content (AvgIpc) is 3.17. The fourth-order valence-corrected chi connectivity index (χ4v) is 5.11. The highest BCUT2D eigenvalue weighted by Crippen LogP contribution is 2.28. The van der Waals surface area contributed by atoms with E-state index in [0.717, 1.165) is 42.5 Å². The zero-order valence-corrected chi connectivity index (χ0v) is 18.5. The first-order valence-corrected chi connectivity index (χ1v) is 11.2. The van der Waals surface area contributed by atoms with Crippen LogP contribution in [-0.2, 0) is 0 Å². The highest BCUT2D eigenvalue weighted by Gasteiger charge is 2.23. The zero-order valence-electron chi connectivity index (χ0n) is 17.7. The Hall–Kier alpha value is -2.38. The number of fused-ring (bicyclic) bond motifs is 3. The van der Waals surface area contributed by atoms with Gasteiger partial charge < -0.3 is 15.6 Å². The van der Waals surface area contributed by atoms with Crippen LogP contribution >= 0.6 is 12.4 Å². The number of hydrogen-bond acceptors (Lipinski definition) is 4. The third-order valence-electron chi connectivity index (χ3n) is 6.74. The van der Waals surface area contributed by atoms with Gasteiger partial charge in [0.25, 0.3) is 11.5 Å². The lowest BCUT2D eigenvalue weighted by Gasteiger charge is -2.23. The molecule has 1 aromatic carbocycles. The number of H-pyrrole nitrogens is 1. The van der Waals surface area contributed by atoms with E-state index in [1.54, 1.807) is 6.07 Å². The van der Waals surface area contributed by atoms with Gasteiger partial charge in [0.15, 0.2) is 0 Å². The maximum atomic E-state index is 13.1. The van der Waals surface area contributed by atoms with Crippen molar-refractivity contribution >= 4 is 34.9 Å². The number of benzene rings is 1. The second-order valence-electron chi connectivity index (χ2n) is 8.76. The van der Waals surface area contributed by atoms with Gasteiger partial charge in [0.1, 0.15) is 5.65 Å². The van der Waals surface area contributed by atoms with Crippen LogP contribution in [0.3, 0.4) is 0 Å². The highest BCUT2D eigenvalue weighted by atomic mass is 35.5. The van der Waals surface area contributed by atoms with Gasteiger partial charge in [-0.05, 0) is 56.8 Å². The van der Waals surface area contributed by atoms with Gasteiger partial charge in [-0.1, -0.05) is 25.3 Å². The molecule has 3 N–H and O–H groups in total. The fourth-order valence-electron chi connectivity index (χ4n) is 5.11. The lowest BCUT2D eigenvalue weighted by Crippen LogP contribution is -2.30. The van der Waals surface area contributed by atoms with Gasteiger partial charge in [-0.2, -0.15) is 5.10 Å². The molecule has 8 heteroatoms. The summed E-state index contributed by atoms with van der Waals surface area (Å²) in [4.78, 5) is 28.5. The normalized spacial score (nSPS) is 18.2. The number of piperidine rings is 1. The summed E-state index contributed by atoms with van der Waals surface area (Å²) in [5.41, 5.74) is 2.72. The summed E-state index contributed by atoms with van der Waals surface area (Å²) in [6.45, 7) is 2.59. The Labute approximate surface area is 187 Å². The molecule has 0 unspecified atom stereocenters. The molecular formula is C23H30ClN5O2. The van der Waals surface area contributed by atoms with E-state index in [4.69, 9.17) is 5.10 Å². The number of nitrogens with zero attached hydrogens (tertiary/aromatic N) is 2. The molecule has 0 radical (unpaired) electrons. The number of aromatic nitrogens is 3. The molecule has 3 aromatic rings. The second-order valence-corrected chi connectivity index (χ2v) is 8.76. The molecular weight excluding hydrogens is 414 g/mol. The first-order chi connectivity index (χ1) is 14.7. The molecule has 166 valence electrons. The number of rotatable bonds is 4. The zero-order chi connectivity index (χ0) is 20.5. The third kappa shape index (κ3) is 4.34. The minimum absolute atomic E-state index is 0. The maximum Gasteiger partial charge on any atom is 0.252 e. The predicted octanol–water partition coefficient (Wildman–Crippen LogP) is 3.37. The molecule has 1 saturated carbocycles. The van der Waals surface area contributed by atoms with Crippen molar-refractivity contribution in [2.45, 2.75) is 50.9 Å². The Morgan fingerprint density at radius 3 is 2.68 bits per heavy atom. The number of aromatic amines is 1. The molecule has 7 nitrogen and oxygen atoms in total. The molecule has 2 aromatic heterocycles. The van der Waals surface area contributed by atoms with Crippen LogP contribution in [0.5, 0.6) is 0 Å². The van der Waals surface area contributed by atoms with E-state index in [2.05, 4.69) is 15.6 Å². The molecule has 3 heterocycles. The Bertz CT molecular complexity index is 1130. The van der Waals surface area contributed by atoms with Crippen molar-refractivity contribution in [2.24, 2.45) is 5.92 Å². The van der Waals surface area contributed by atoms with Crippen LogP contribution in [-0.4, -0.2) is 40.1 Å². The predicted molar refractivity (Wildman–Crippen MR) is 124 cm³/mol. The van der Waals surface area contributed by atoms with Gasteiger partial charge in [-0.25, -0.2) is 4.52 Å². The van der Waals surface area contributed by atoms with Gasteiger partial charge in [-0.3, -0.25) is 9.59 Å². The molecule has 1 amide bonds. The summed E-state index contributed by atoms with van der Waals surface area (Å²) < 4.78 is 1.85. The van der Waals surface area contributed by atoms with Crippen LogP contribution in [0.25, 0.3) is 16.6 Å². The van der Waals surface area contributed by atoms with Crippen molar-refractivity contribution in [1.29, 1.82) is 0 Å². The van der Waals surface area contributed by atoms with Crippen LogP contribution in [0.2, 0.25) is 0 Å². The highest BCUT2D eigenvalue weighted by molar-refractivity contribution is 6.11. The number of halogens is 1. The van der Waals surface area contributed by atoms with Crippen molar-refractivity contribution in [1.82, 2.24) is 25.2 Å². The molecule has 31 heavy (non-hydrogen) atoms. The van der Waals surface area contributed by atoms with Crippen LogP contribution in [0.15, 0.2) is 29.1 Å². The van der Waals surface area contributed by atoms with E-state index < -0.39 is 0 Å². The van der Waals surface area contributed by atoms with Crippen LogP contribution in [0.4, 0.5) is 0 Å². The Morgan fingerprint density at radius 1 is 1.13 bits per heavy atom. The summed E-state index contributed by atoms with van der Waals surface area (Å²) in [6.07, 6.45) is 8.14. The van der Waals surface area contributed by atoms with Gasteiger partial charge in [-0.15, -0.1) is 12.4 Å². The molecule has 0 bridgehead atoms. The second kappa shape index (κ2) is 9.40. The van der Waals surface area contributed by atoms with Crippen molar-refractivity contribution in [3.05, 3.63) is 45.9 Å². The number of hydrogen-bond donors (Lipinski definition) is 3. The lowest BCUT2D eigenvalue weighted by atomic mass is 9.89. The first-order valence-electron chi connectivity index (χ1n) is 11.2. The number of carbonyl (C=O) groups excluding carboxylic acids is 1. The van der Waals surface area contributed by atoms with Crippen molar-refractivity contribution < 1.29 is 4.79 Å². The fraction of sp³-hybridized carbons (Fsp3) is 0.522. The third-order valence-corrected chi connectivity index (χ3v) is 6.74. The van der Waals surface area contributed by atoms with Crippen molar-refractivity contribution in [2.75, 3.05) is 19.6 Å². The average molecular weight is 444 g/mol. The van der Waals surface area contributed by atoms with Crippen LogP contribution in [0, 0.1) is 5.92 Å².